The Labute approximate surface area is 164 Å². The van der Waals surface area contributed by atoms with Gasteiger partial charge in [0, 0.05) is 30.7 Å². The molecule has 0 spiro atoms. The van der Waals surface area contributed by atoms with E-state index in [1.807, 2.05) is 24.3 Å². The van der Waals surface area contributed by atoms with E-state index in [0.717, 1.165) is 29.4 Å². The minimum atomic E-state index is -3.33. The third kappa shape index (κ3) is 3.83. The Bertz CT molecular complexity index is 799. The van der Waals surface area contributed by atoms with Crippen molar-refractivity contribution >= 4 is 31.9 Å². The maximum Gasteiger partial charge on any atom is 0.242 e. The average molecular weight is 444 g/mol. The number of halogens is 1. The van der Waals surface area contributed by atoms with E-state index in [1.165, 1.54) is 6.26 Å². The molecule has 1 aromatic rings. The number of nitrogens with one attached hydrogen (secondary N) is 1. The van der Waals surface area contributed by atoms with E-state index in [9.17, 15) is 13.2 Å². The summed E-state index contributed by atoms with van der Waals surface area (Å²) in [6.07, 6.45) is 4.15. The molecular formula is C18H26BrN3O3S. The monoisotopic (exact) mass is 443 g/mol. The minimum Gasteiger partial charge on any atom is -0.347 e. The van der Waals surface area contributed by atoms with E-state index in [4.69, 9.17) is 0 Å². The highest BCUT2D eigenvalue weighted by Gasteiger charge is 2.58. The number of fused-ring (bicyclic) bond motifs is 1. The Kier molecular flexibility index (Phi) is 5.50. The molecule has 144 valence electrons. The van der Waals surface area contributed by atoms with Gasteiger partial charge in [0.05, 0.1) is 6.26 Å². The van der Waals surface area contributed by atoms with Gasteiger partial charge >= 0.3 is 0 Å². The molecule has 0 radical (unpaired) electrons. The van der Waals surface area contributed by atoms with Gasteiger partial charge in [0.2, 0.25) is 15.9 Å². The summed E-state index contributed by atoms with van der Waals surface area (Å²) in [6, 6.07) is 7.83. The standard InChI is InChI=1S/C18H26BrN3O3S/c1-21(2)17(23)18(11-13-6-4-7-14(19)10-13)12-15(20-26(3,24)25)16-8-5-9-22(16)18/h4,6-7,10,15-16,20H,5,8-9,11-12H2,1-3H3/t15-,16+,18+/m1/s1. The Morgan fingerprint density at radius 1 is 1.42 bits per heavy atom. The van der Waals surface area contributed by atoms with Gasteiger partial charge in [0.1, 0.15) is 5.54 Å². The molecule has 0 saturated carbocycles. The van der Waals surface area contributed by atoms with Crippen LogP contribution in [0.5, 0.6) is 0 Å². The Morgan fingerprint density at radius 2 is 2.15 bits per heavy atom. The summed E-state index contributed by atoms with van der Waals surface area (Å²) in [6.45, 7) is 0.820. The number of likely N-dealkylation sites (N-methyl/N-ethyl adjacent to an activating group) is 1. The van der Waals surface area contributed by atoms with Gasteiger partial charge in [-0.15, -0.1) is 0 Å². The highest BCUT2D eigenvalue weighted by atomic mass is 79.9. The zero-order valence-corrected chi connectivity index (χ0v) is 17.8. The highest BCUT2D eigenvalue weighted by Crippen LogP contribution is 2.43. The minimum absolute atomic E-state index is 0.0437. The summed E-state index contributed by atoms with van der Waals surface area (Å²) in [5.41, 5.74) is 0.355. The maximum absolute atomic E-state index is 13.3. The third-order valence-corrected chi connectivity index (χ3v) is 6.65. The first-order valence-electron chi connectivity index (χ1n) is 8.83. The van der Waals surface area contributed by atoms with Gasteiger partial charge in [-0.3, -0.25) is 9.69 Å². The van der Waals surface area contributed by atoms with Crippen LogP contribution in [0.3, 0.4) is 0 Å². The molecule has 26 heavy (non-hydrogen) atoms. The van der Waals surface area contributed by atoms with Crippen molar-refractivity contribution in [1.82, 2.24) is 14.5 Å². The summed E-state index contributed by atoms with van der Waals surface area (Å²) in [5, 5.41) is 0. The molecule has 1 amide bonds. The topological polar surface area (TPSA) is 69.7 Å². The van der Waals surface area contributed by atoms with Crippen LogP contribution >= 0.6 is 15.9 Å². The van der Waals surface area contributed by atoms with Crippen LogP contribution in [0.2, 0.25) is 0 Å². The molecule has 0 bridgehead atoms. The maximum atomic E-state index is 13.3. The average Bonchev–Trinajstić information content (AvgIpc) is 3.10. The van der Waals surface area contributed by atoms with Crippen molar-refractivity contribution in [3.63, 3.8) is 0 Å². The molecule has 2 heterocycles. The van der Waals surface area contributed by atoms with Crippen molar-refractivity contribution in [2.24, 2.45) is 0 Å². The number of rotatable bonds is 5. The van der Waals surface area contributed by atoms with Gasteiger partial charge in [-0.05, 0) is 49.9 Å². The summed E-state index contributed by atoms with van der Waals surface area (Å²) >= 11 is 3.50. The largest absolute Gasteiger partial charge is 0.347 e. The number of amides is 1. The predicted molar refractivity (Wildman–Crippen MR) is 105 cm³/mol. The Balaban J connectivity index is 2.01. The van der Waals surface area contributed by atoms with E-state index in [2.05, 4.69) is 25.6 Å². The quantitative estimate of drug-likeness (QED) is 0.750. The van der Waals surface area contributed by atoms with Crippen LogP contribution < -0.4 is 4.72 Å². The molecule has 2 aliphatic heterocycles. The van der Waals surface area contributed by atoms with E-state index < -0.39 is 15.6 Å². The molecule has 8 heteroatoms. The molecule has 3 atom stereocenters. The zero-order chi connectivity index (χ0) is 19.1. The summed E-state index contributed by atoms with van der Waals surface area (Å²) in [7, 11) is 0.211. The van der Waals surface area contributed by atoms with Gasteiger partial charge in [-0.2, -0.15) is 0 Å². The lowest BCUT2D eigenvalue weighted by molar-refractivity contribution is -0.140. The van der Waals surface area contributed by atoms with Crippen LogP contribution in [0, 0.1) is 0 Å². The normalized spacial score (nSPS) is 28.9. The van der Waals surface area contributed by atoms with Crippen LogP contribution in [0.1, 0.15) is 24.8 Å². The van der Waals surface area contributed by atoms with E-state index in [0.29, 0.717) is 12.8 Å². The first-order valence-corrected chi connectivity index (χ1v) is 11.5. The fraction of sp³-hybridized carbons (Fsp3) is 0.611. The molecule has 2 aliphatic rings. The molecular weight excluding hydrogens is 418 g/mol. The molecule has 6 nitrogen and oxygen atoms in total. The molecule has 1 N–H and O–H groups in total. The van der Waals surface area contributed by atoms with Gasteiger partial charge in [0.15, 0.2) is 0 Å². The number of hydrogen-bond acceptors (Lipinski definition) is 4. The smallest absolute Gasteiger partial charge is 0.242 e. The lowest BCUT2D eigenvalue weighted by atomic mass is 9.85. The van der Waals surface area contributed by atoms with Gasteiger partial charge in [0.25, 0.3) is 0 Å². The summed E-state index contributed by atoms with van der Waals surface area (Å²) in [5.74, 6) is 0.0437. The molecule has 0 unspecified atom stereocenters. The van der Waals surface area contributed by atoms with Crippen molar-refractivity contribution in [3.05, 3.63) is 34.3 Å². The van der Waals surface area contributed by atoms with Crippen LogP contribution in [0.25, 0.3) is 0 Å². The van der Waals surface area contributed by atoms with Crippen molar-refractivity contribution in [1.29, 1.82) is 0 Å². The Morgan fingerprint density at radius 3 is 2.77 bits per heavy atom. The lowest BCUT2D eigenvalue weighted by Gasteiger charge is -2.38. The number of nitrogens with zero attached hydrogens (tertiary/aromatic N) is 2. The number of carbonyl (C=O) groups excluding carboxylic acids is 1. The SMILES string of the molecule is CN(C)C(=O)[C@]1(Cc2cccc(Br)c2)C[C@@H](NS(C)(=O)=O)[C@@H]2CCCN21. The van der Waals surface area contributed by atoms with Gasteiger partial charge in [-0.1, -0.05) is 28.1 Å². The molecule has 0 aromatic heterocycles. The molecule has 0 aliphatic carbocycles. The molecule has 3 rings (SSSR count). The number of sulfonamides is 1. The second-order valence-corrected chi connectivity index (χ2v) is 10.3. The van der Waals surface area contributed by atoms with Crippen molar-refractivity contribution in [3.8, 4) is 0 Å². The number of benzene rings is 1. The van der Waals surface area contributed by atoms with Crippen molar-refractivity contribution < 1.29 is 13.2 Å². The molecule has 2 fully saturated rings. The number of hydrogen-bond donors (Lipinski definition) is 1. The van der Waals surface area contributed by atoms with Crippen molar-refractivity contribution in [2.75, 3.05) is 26.9 Å². The van der Waals surface area contributed by atoms with E-state index in [1.54, 1.807) is 19.0 Å². The van der Waals surface area contributed by atoms with Crippen molar-refractivity contribution in [2.45, 2.75) is 43.3 Å². The molecule has 2 saturated heterocycles. The van der Waals surface area contributed by atoms with Gasteiger partial charge < -0.3 is 4.90 Å². The number of carbonyl (C=O) groups is 1. The van der Waals surface area contributed by atoms with Crippen LogP contribution in [0.4, 0.5) is 0 Å². The van der Waals surface area contributed by atoms with Crippen LogP contribution in [-0.2, 0) is 21.2 Å². The molecule has 1 aromatic carbocycles. The van der Waals surface area contributed by atoms with Gasteiger partial charge in [-0.25, -0.2) is 13.1 Å². The first kappa shape index (κ1) is 19.8. The van der Waals surface area contributed by atoms with Crippen LogP contribution in [-0.4, -0.2) is 68.6 Å². The van der Waals surface area contributed by atoms with Crippen LogP contribution in [0.15, 0.2) is 28.7 Å². The van der Waals surface area contributed by atoms with E-state index >= 15 is 0 Å². The first-order chi connectivity index (χ1) is 12.1. The summed E-state index contributed by atoms with van der Waals surface area (Å²) in [4.78, 5) is 17.2. The van der Waals surface area contributed by atoms with E-state index in [-0.39, 0.29) is 18.0 Å². The predicted octanol–water partition coefficient (Wildman–Crippen LogP) is 1.60. The lowest BCUT2D eigenvalue weighted by Crippen LogP contribution is -2.57. The fourth-order valence-corrected chi connectivity index (χ4v) is 5.85. The fourth-order valence-electron chi connectivity index (χ4n) is 4.61. The second-order valence-electron chi connectivity index (χ2n) is 7.64. The highest BCUT2D eigenvalue weighted by molar-refractivity contribution is 9.10. The zero-order valence-electron chi connectivity index (χ0n) is 15.4. The third-order valence-electron chi connectivity index (χ3n) is 5.43. The summed E-state index contributed by atoms with van der Waals surface area (Å²) < 4.78 is 27.5. The second kappa shape index (κ2) is 7.22. The Hall–Kier alpha value is -0.960.